The number of anilines is 1. The third kappa shape index (κ3) is 6.67. The van der Waals surface area contributed by atoms with Crippen molar-refractivity contribution in [1.29, 1.82) is 0 Å². The van der Waals surface area contributed by atoms with Crippen molar-refractivity contribution < 1.29 is 9.59 Å². The number of amides is 2. The molecular weight excluding hydrogens is 323 g/mol. The minimum absolute atomic E-state index is 0.00608. The SMILES string of the molecule is CCCCCN(CCC(=O)Nc1ccc(Cl)cc1Cl)C(C)=O. The minimum Gasteiger partial charge on any atom is -0.342 e. The smallest absolute Gasteiger partial charge is 0.226 e. The first-order valence-corrected chi connectivity index (χ1v) is 8.20. The van der Waals surface area contributed by atoms with Crippen LogP contribution < -0.4 is 5.32 Å². The number of rotatable bonds is 8. The fraction of sp³-hybridized carbons (Fsp3) is 0.500. The third-order valence-corrected chi connectivity index (χ3v) is 3.84. The zero-order valence-electron chi connectivity index (χ0n) is 13.0. The molecule has 0 saturated heterocycles. The van der Waals surface area contributed by atoms with E-state index in [1.54, 1.807) is 23.1 Å². The molecule has 0 heterocycles. The van der Waals surface area contributed by atoms with Crippen molar-refractivity contribution in [3.8, 4) is 0 Å². The topological polar surface area (TPSA) is 49.4 Å². The van der Waals surface area contributed by atoms with Crippen LogP contribution in [0.25, 0.3) is 0 Å². The van der Waals surface area contributed by atoms with Crippen molar-refractivity contribution in [2.45, 2.75) is 39.5 Å². The number of nitrogens with one attached hydrogen (secondary N) is 1. The Morgan fingerprint density at radius 3 is 2.50 bits per heavy atom. The maximum atomic E-state index is 12.0. The van der Waals surface area contributed by atoms with Crippen molar-refractivity contribution >= 4 is 40.7 Å². The molecule has 1 aromatic carbocycles. The number of hydrogen-bond acceptors (Lipinski definition) is 2. The van der Waals surface area contributed by atoms with Gasteiger partial charge in [0.25, 0.3) is 0 Å². The molecule has 0 fully saturated rings. The summed E-state index contributed by atoms with van der Waals surface area (Å²) in [5.41, 5.74) is 0.524. The van der Waals surface area contributed by atoms with Crippen LogP contribution in [-0.4, -0.2) is 29.8 Å². The summed E-state index contributed by atoms with van der Waals surface area (Å²) in [6.07, 6.45) is 3.38. The van der Waals surface area contributed by atoms with Crippen molar-refractivity contribution in [3.05, 3.63) is 28.2 Å². The highest BCUT2D eigenvalue weighted by molar-refractivity contribution is 6.36. The molecule has 1 rings (SSSR count). The Kier molecular flexibility index (Phi) is 8.28. The van der Waals surface area contributed by atoms with Crippen molar-refractivity contribution in [2.75, 3.05) is 18.4 Å². The van der Waals surface area contributed by atoms with Gasteiger partial charge in [0, 0.05) is 31.5 Å². The molecule has 0 aliphatic carbocycles. The predicted molar refractivity (Wildman–Crippen MR) is 91.5 cm³/mol. The zero-order valence-corrected chi connectivity index (χ0v) is 14.5. The van der Waals surface area contributed by atoms with Gasteiger partial charge in [-0.25, -0.2) is 0 Å². The predicted octanol–water partition coefficient (Wildman–Crippen LogP) is 4.36. The summed E-state index contributed by atoms with van der Waals surface area (Å²) < 4.78 is 0. The molecule has 2 amide bonds. The van der Waals surface area contributed by atoms with Gasteiger partial charge < -0.3 is 10.2 Å². The number of carbonyl (C=O) groups excluding carboxylic acids is 2. The fourth-order valence-corrected chi connectivity index (χ4v) is 2.48. The molecule has 22 heavy (non-hydrogen) atoms. The molecule has 0 unspecified atom stereocenters. The average molecular weight is 345 g/mol. The second kappa shape index (κ2) is 9.70. The summed E-state index contributed by atoms with van der Waals surface area (Å²) in [6.45, 7) is 4.75. The summed E-state index contributed by atoms with van der Waals surface area (Å²) in [5, 5.41) is 3.64. The summed E-state index contributed by atoms with van der Waals surface area (Å²) >= 11 is 11.8. The quantitative estimate of drug-likeness (QED) is 0.712. The number of nitrogens with zero attached hydrogens (tertiary/aromatic N) is 1. The molecule has 122 valence electrons. The second-order valence-corrected chi connectivity index (χ2v) is 5.98. The number of halogens is 2. The molecule has 0 bridgehead atoms. The highest BCUT2D eigenvalue weighted by Crippen LogP contribution is 2.25. The van der Waals surface area contributed by atoms with Crippen LogP contribution in [0, 0.1) is 0 Å². The Labute approximate surface area is 141 Å². The van der Waals surface area contributed by atoms with Gasteiger partial charge in [-0.15, -0.1) is 0 Å². The molecule has 1 N–H and O–H groups in total. The number of unbranched alkanes of at least 4 members (excludes halogenated alkanes) is 2. The minimum atomic E-state index is -0.175. The van der Waals surface area contributed by atoms with Crippen LogP contribution in [0.1, 0.15) is 39.5 Å². The highest BCUT2D eigenvalue weighted by Gasteiger charge is 2.12. The van der Waals surface area contributed by atoms with E-state index < -0.39 is 0 Å². The van der Waals surface area contributed by atoms with E-state index in [1.165, 1.54) is 6.92 Å². The Morgan fingerprint density at radius 2 is 1.91 bits per heavy atom. The van der Waals surface area contributed by atoms with E-state index in [-0.39, 0.29) is 18.2 Å². The Bertz CT molecular complexity index is 521. The highest BCUT2D eigenvalue weighted by atomic mass is 35.5. The van der Waals surface area contributed by atoms with E-state index in [0.717, 1.165) is 19.3 Å². The second-order valence-electron chi connectivity index (χ2n) is 5.14. The van der Waals surface area contributed by atoms with E-state index in [4.69, 9.17) is 23.2 Å². The van der Waals surface area contributed by atoms with Crippen LogP contribution >= 0.6 is 23.2 Å². The van der Waals surface area contributed by atoms with Gasteiger partial charge >= 0.3 is 0 Å². The monoisotopic (exact) mass is 344 g/mol. The summed E-state index contributed by atoms with van der Waals surface area (Å²) in [5.74, 6) is -0.181. The standard InChI is InChI=1S/C16H22Cl2N2O2/c1-3-4-5-9-20(12(2)21)10-8-16(22)19-15-7-6-13(17)11-14(15)18/h6-7,11H,3-5,8-10H2,1-2H3,(H,19,22). The maximum Gasteiger partial charge on any atom is 0.226 e. The summed E-state index contributed by atoms with van der Waals surface area (Å²) in [7, 11) is 0. The van der Waals surface area contributed by atoms with Crippen molar-refractivity contribution in [2.24, 2.45) is 0 Å². The van der Waals surface area contributed by atoms with Gasteiger partial charge in [0.2, 0.25) is 11.8 Å². The van der Waals surface area contributed by atoms with Crippen LogP contribution in [0.5, 0.6) is 0 Å². The average Bonchev–Trinajstić information content (AvgIpc) is 2.45. The number of benzene rings is 1. The van der Waals surface area contributed by atoms with Crippen LogP contribution in [0.4, 0.5) is 5.69 Å². The summed E-state index contributed by atoms with van der Waals surface area (Å²) in [4.78, 5) is 25.2. The van der Waals surface area contributed by atoms with E-state index in [0.29, 0.717) is 28.8 Å². The van der Waals surface area contributed by atoms with Gasteiger partial charge in [0.1, 0.15) is 0 Å². The molecule has 0 aromatic heterocycles. The molecular formula is C16H22Cl2N2O2. The van der Waals surface area contributed by atoms with Crippen LogP contribution in [0.15, 0.2) is 18.2 Å². The van der Waals surface area contributed by atoms with Gasteiger partial charge in [0.15, 0.2) is 0 Å². The van der Waals surface area contributed by atoms with Crippen molar-refractivity contribution in [1.82, 2.24) is 4.90 Å². The van der Waals surface area contributed by atoms with Crippen LogP contribution in [0.3, 0.4) is 0 Å². The first kappa shape index (κ1) is 18.8. The third-order valence-electron chi connectivity index (χ3n) is 3.29. The molecule has 1 aromatic rings. The number of hydrogen-bond donors (Lipinski definition) is 1. The largest absolute Gasteiger partial charge is 0.342 e. The zero-order chi connectivity index (χ0) is 16.5. The Hall–Kier alpha value is -1.26. The Balaban J connectivity index is 2.47. The molecule has 0 radical (unpaired) electrons. The molecule has 0 aliphatic rings. The van der Waals surface area contributed by atoms with Gasteiger partial charge in [0.05, 0.1) is 10.7 Å². The van der Waals surface area contributed by atoms with Crippen LogP contribution in [0.2, 0.25) is 10.0 Å². The van der Waals surface area contributed by atoms with E-state index in [9.17, 15) is 9.59 Å². The molecule has 4 nitrogen and oxygen atoms in total. The maximum absolute atomic E-state index is 12.0. The molecule has 0 spiro atoms. The number of carbonyl (C=O) groups is 2. The molecule has 0 atom stereocenters. The van der Waals surface area contributed by atoms with E-state index in [2.05, 4.69) is 12.2 Å². The van der Waals surface area contributed by atoms with Gasteiger partial charge in [-0.05, 0) is 24.6 Å². The molecule has 0 aliphatic heterocycles. The lowest BCUT2D eigenvalue weighted by molar-refractivity contribution is -0.129. The first-order chi connectivity index (χ1) is 10.4. The Morgan fingerprint density at radius 1 is 1.18 bits per heavy atom. The normalized spacial score (nSPS) is 10.4. The first-order valence-electron chi connectivity index (χ1n) is 7.44. The lowest BCUT2D eigenvalue weighted by Gasteiger charge is -2.20. The van der Waals surface area contributed by atoms with Crippen molar-refractivity contribution in [3.63, 3.8) is 0 Å². The fourth-order valence-electron chi connectivity index (χ4n) is 2.02. The lowest BCUT2D eigenvalue weighted by atomic mass is 10.2. The summed E-state index contributed by atoms with van der Waals surface area (Å²) in [6, 6.07) is 4.90. The van der Waals surface area contributed by atoms with Crippen LogP contribution in [-0.2, 0) is 9.59 Å². The van der Waals surface area contributed by atoms with E-state index in [1.807, 2.05) is 0 Å². The molecule has 0 saturated carbocycles. The van der Waals surface area contributed by atoms with Gasteiger partial charge in [-0.3, -0.25) is 9.59 Å². The van der Waals surface area contributed by atoms with Gasteiger partial charge in [-0.2, -0.15) is 0 Å². The van der Waals surface area contributed by atoms with E-state index >= 15 is 0 Å². The molecule has 6 heteroatoms. The van der Waals surface area contributed by atoms with Gasteiger partial charge in [-0.1, -0.05) is 43.0 Å². The lowest BCUT2D eigenvalue weighted by Crippen LogP contribution is -2.32.